The fourth-order valence-electron chi connectivity index (χ4n) is 0. The quantitative estimate of drug-likeness (QED) is 0.379. The molecule has 6 heavy (non-hydrogen) atoms. The number of aliphatic hydroxyl groups excluding tert-OH is 1. The highest BCUT2D eigenvalue weighted by Crippen LogP contribution is 1.90. The zero-order chi connectivity index (χ0) is 5.15. The van der Waals surface area contributed by atoms with Gasteiger partial charge in [-0.3, -0.25) is 0 Å². The van der Waals surface area contributed by atoms with Crippen LogP contribution in [-0.2, 0) is 11.1 Å². The number of halogens is 1. The first-order valence-corrected chi connectivity index (χ1v) is 2.67. The molecule has 0 bridgehead atoms. The third-order valence-corrected chi connectivity index (χ3v) is 0.956. The van der Waals surface area contributed by atoms with Crippen molar-refractivity contribution in [2.75, 3.05) is 0 Å². The maximum Gasteiger partial charge on any atom is 0.230 e. The molecule has 0 radical (unpaired) electrons. The fraction of sp³-hybridized carbons (Fsp3) is 1.00. The molecule has 0 aliphatic carbocycles. The van der Waals surface area contributed by atoms with Crippen molar-refractivity contribution < 1.29 is 13.9 Å². The lowest BCUT2D eigenvalue weighted by Crippen LogP contribution is -2.02. The monoisotopic (exact) mass is 130 g/mol. The fourth-order valence-corrected chi connectivity index (χ4v) is 0. The highest BCUT2D eigenvalue weighted by Gasteiger charge is 2.01. The van der Waals surface area contributed by atoms with Crippen molar-refractivity contribution in [1.82, 2.24) is 0 Å². The van der Waals surface area contributed by atoms with E-state index in [2.05, 4.69) is 11.6 Å². The van der Waals surface area contributed by atoms with Gasteiger partial charge in [0.05, 0.1) is 0 Å². The second-order valence-electron chi connectivity index (χ2n) is 0.568. The van der Waals surface area contributed by atoms with Gasteiger partial charge in [-0.25, -0.2) is 4.21 Å². The van der Waals surface area contributed by atoms with Crippen LogP contribution in [-0.4, -0.2) is 18.8 Å². The Morgan fingerprint density at radius 2 is 2.00 bits per heavy atom. The summed E-state index contributed by atoms with van der Waals surface area (Å²) in [5.41, 5.74) is 0. The molecule has 2 unspecified atom stereocenters. The van der Waals surface area contributed by atoms with Crippen LogP contribution in [0.5, 0.6) is 0 Å². The molecular formula is CH3ClO3S. The van der Waals surface area contributed by atoms with E-state index in [-0.39, 0.29) is 0 Å². The number of aliphatic hydroxyl groups is 1. The van der Waals surface area contributed by atoms with Crippen LogP contribution in [0.25, 0.3) is 0 Å². The molecule has 0 aliphatic rings. The molecule has 0 aromatic rings. The van der Waals surface area contributed by atoms with Crippen LogP contribution >= 0.6 is 11.6 Å². The Hall–Kier alpha value is 0.360. The second kappa shape index (κ2) is 2.52. The van der Waals surface area contributed by atoms with Crippen LogP contribution in [0.3, 0.4) is 0 Å². The van der Waals surface area contributed by atoms with Gasteiger partial charge >= 0.3 is 0 Å². The molecule has 0 rings (SSSR count). The van der Waals surface area contributed by atoms with Gasteiger partial charge in [0.2, 0.25) is 4.90 Å². The summed E-state index contributed by atoms with van der Waals surface area (Å²) >= 11 is 2.32. The number of alkyl halides is 1. The average molecular weight is 131 g/mol. The Balaban J connectivity index is 3.26. The molecule has 0 aromatic carbocycles. The van der Waals surface area contributed by atoms with Crippen molar-refractivity contribution in [3.8, 4) is 0 Å². The zero-order valence-electron chi connectivity index (χ0n) is 2.67. The third kappa shape index (κ3) is 2.59. The van der Waals surface area contributed by atoms with E-state index in [0.717, 1.165) is 0 Å². The predicted octanol–water partition coefficient (Wildman–Crippen LogP) is -0.277. The molecule has 0 heterocycles. The number of hydrogen-bond donors (Lipinski definition) is 2. The second-order valence-corrected chi connectivity index (χ2v) is 2.24. The minimum atomic E-state index is -2.30. The first-order chi connectivity index (χ1) is 2.64. The van der Waals surface area contributed by atoms with E-state index in [1.165, 1.54) is 0 Å². The predicted molar refractivity (Wildman–Crippen MR) is 22.6 cm³/mol. The molecule has 0 aliphatic heterocycles. The maximum absolute atomic E-state index is 9.43. The lowest BCUT2D eigenvalue weighted by atomic mass is 11.7. The molecule has 38 valence electrons. The summed E-state index contributed by atoms with van der Waals surface area (Å²) in [4.78, 5) is -1.65. The van der Waals surface area contributed by atoms with Gasteiger partial charge in [0.25, 0.3) is 0 Å². The molecule has 2 atom stereocenters. The minimum absolute atomic E-state index is 1.65. The highest BCUT2D eigenvalue weighted by molar-refractivity contribution is 7.81. The summed E-state index contributed by atoms with van der Waals surface area (Å²) in [7, 11) is 0. The zero-order valence-corrected chi connectivity index (χ0v) is 4.24. The molecule has 3 nitrogen and oxygen atoms in total. The van der Waals surface area contributed by atoms with Crippen molar-refractivity contribution in [3.63, 3.8) is 0 Å². The number of rotatable bonds is 1. The molecule has 0 aromatic heterocycles. The summed E-state index contributed by atoms with van der Waals surface area (Å²) < 4.78 is 17.1. The van der Waals surface area contributed by atoms with Crippen LogP contribution in [0, 0.1) is 0 Å². The summed E-state index contributed by atoms with van der Waals surface area (Å²) in [5, 5.41) is 7.84. The van der Waals surface area contributed by atoms with Crippen LogP contribution in [0.1, 0.15) is 0 Å². The van der Waals surface area contributed by atoms with E-state index >= 15 is 0 Å². The van der Waals surface area contributed by atoms with Crippen LogP contribution in [0.4, 0.5) is 0 Å². The standard InChI is InChI=1S/CH3ClO3S/c2-1(3)6(4)5/h1,3H,(H,4,5). The molecule has 0 saturated carbocycles. The summed E-state index contributed by atoms with van der Waals surface area (Å²) in [6.07, 6.45) is 0. The van der Waals surface area contributed by atoms with Gasteiger partial charge in [-0.15, -0.1) is 0 Å². The Morgan fingerprint density at radius 1 is 1.83 bits per heavy atom. The van der Waals surface area contributed by atoms with Crippen molar-refractivity contribution in [1.29, 1.82) is 0 Å². The normalized spacial score (nSPS) is 19.8. The first kappa shape index (κ1) is 6.36. The summed E-state index contributed by atoms with van der Waals surface area (Å²) in [5.74, 6) is 0. The van der Waals surface area contributed by atoms with E-state index in [4.69, 9.17) is 9.66 Å². The molecule has 5 heteroatoms. The van der Waals surface area contributed by atoms with Crippen molar-refractivity contribution >= 4 is 22.7 Å². The number of hydrogen-bond acceptors (Lipinski definition) is 2. The average Bonchev–Trinajstić information content (AvgIpc) is 1.36. The van der Waals surface area contributed by atoms with Crippen LogP contribution in [0.15, 0.2) is 0 Å². The van der Waals surface area contributed by atoms with E-state index in [9.17, 15) is 4.21 Å². The summed E-state index contributed by atoms with van der Waals surface area (Å²) in [6, 6.07) is 0. The van der Waals surface area contributed by atoms with Gasteiger partial charge in [0.1, 0.15) is 0 Å². The van der Waals surface area contributed by atoms with Crippen molar-refractivity contribution in [2.24, 2.45) is 0 Å². The Morgan fingerprint density at radius 3 is 2.00 bits per heavy atom. The molecule has 2 N–H and O–H groups in total. The van der Waals surface area contributed by atoms with Gasteiger partial charge in [-0.05, 0) is 0 Å². The van der Waals surface area contributed by atoms with E-state index in [1.54, 1.807) is 0 Å². The lowest BCUT2D eigenvalue weighted by molar-refractivity contribution is 0.319. The van der Waals surface area contributed by atoms with Crippen molar-refractivity contribution in [2.45, 2.75) is 4.90 Å². The van der Waals surface area contributed by atoms with Crippen LogP contribution in [0.2, 0.25) is 0 Å². The SMILES string of the molecule is O=S(O)C(O)Cl. The molecule has 0 saturated heterocycles. The first-order valence-electron chi connectivity index (χ1n) is 1.06. The summed E-state index contributed by atoms with van der Waals surface area (Å²) in [6.45, 7) is 0. The minimum Gasteiger partial charge on any atom is -0.365 e. The lowest BCUT2D eigenvalue weighted by Gasteiger charge is -1.87. The van der Waals surface area contributed by atoms with Crippen LogP contribution < -0.4 is 0 Å². The topological polar surface area (TPSA) is 57.5 Å². The molecule has 0 amide bonds. The van der Waals surface area contributed by atoms with Gasteiger partial charge in [-0.1, -0.05) is 11.6 Å². The van der Waals surface area contributed by atoms with Gasteiger partial charge in [0.15, 0.2) is 11.1 Å². The largest absolute Gasteiger partial charge is 0.365 e. The van der Waals surface area contributed by atoms with Crippen molar-refractivity contribution in [3.05, 3.63) is 0 Å². The molecule has 0 spiro atoms. The van der Waals surface area contributed by atoms with E-state index in [1.807, 2.05) is 0 Å². The molecule has 0 fully saturated rings. The third-order valence-electron chi connectivity index (χ3n) is 0.166. The highest BCUT2D eigenvalue weighted by atomic mass is 35.5. The van der Waals surface area contributed by atoms with Gasteiger partial charge < -0.3 is 9.66 Å². The Bertz CT molecular complexity index is 61.8. The van der Waals surface area contributed by atoms with E-state index < -0.39 is 16.0 Å². The van der Waals surface area contributed by atoms with E-state index in [0.29, 0.717) is 0 Å². The van der Waals surface area contributed by atoms with Gasteiger partial charge in [-0.2, -0.15) is 0 Å². The maximum atomic E-state index is 9.43. The Kier molecular flexibility index (Phi) is 2.67. The van der Waals surface area contributed by atoms with Gasteiger partial charge in [0, 0.05) is 0 Å². The molecular weight excluding hydrogens is 128 g/mol. The smallest absolute Gasteiger partial charge is 0.230 e. The Labute approximate surface area is 42.2 Å².